The lowest BCUT2D eigenvalue weighted by Gasteiger charge is -2.17. The van der Waals surface area contributed by atoms with E-state index in [1.165, 1.54) is 17.7 Å². The molecule has 0 spiro atoms. The van der Waals surface area contributed by atoms with Gasteiger partial charge in [0, 0.05) is 11.6 Å². The Kier molecular flexibility index (Phi) is 6.51. The monoisotopic (exact) mass is 408 g/mol. The van der Waals surface area contributed by atoms with Crippen LogP contribution in [0.1, 0.15) is 52.4 Å². The fourth-order valence-electron chi connectivity index (χ4n) is 3.10. The number of ether oxygens (including phenoxy) is 1. The van der Waals surface area contributed by atoms with Crippen molar-refractivity contribution < 1.29 is 18.9 Å². The average molecular weight is 408 g/mol. The second-order valence-corrected chi connectivity index (χ2v) is 7.11. The Bertz CT molecular complexity index is 1040. The van der Waals surface area contributed by atoms with Gasteiger partial charge in [0.2, 0.25) is 0 Å². The van der Waals surface area contributed by atoms with Gasteiger partial charge in [-0.25, -0.2) is 0 Å². The van der Waals surface area contributed by atoms with Crippen molar-refractivity contribution in [2.24, 2.45) is 0 Å². The zero-order valence-corrected chi connectivity index (χ0v) is 17.2. The summed E-state index contributed by atoms with van der Waals surface area (Å²) in [5, 5.41) is 13.9. The van der Waals surface area contributed by atoms with Crippen molar-refractivity contribution in [2.45, 2.75) is 39.8 Å². The van der Waals surface area contributed by atoms with E-state index in [0.29, 0.717) is 17.1 Å². The largest absolute Gasteiger partial charge is 0.486 e. The van der Waals surface area contributed by atoms with Crippen LogP contribution in [-0.4, -0.2) is 10.8 Å². The predicted molar refractivity (Wildman–Crippen MR) is 113 cm³/mol. The molecule has 2 aromatic carbocycles. The molecule has 0 radical (unpaired) electrons. The first-order valence-corrected chi connectivity index (χ1v) is 9.71. The molecule has 1 heterocycles. The first-order valence-electron chi connectivity index (χ1n) is 9.71. The van der Waals surface area contributed by atoms with Gasteiger partial charge in [0.15, 0.2) is 5.76 Å². The van der Waals surface area contributed by atoms with Crippen molar-refractivity contribution in [1.82, 2.24) is 5.32 Å². The van der Waals surface area contributed by atoms with Gasteiger partial charge in [-0.05, 0) is 50.1 Å². The van der Waals surface area contributed by atoms with Crippen LogP contribution in [0.2, 0.25) is 0 Å². The third kappa shape index (κ3) is 5.05. The van der Waals surface area contributed by atoms with Gasteiger partial charge in [0.25, 0.3) is 11.6 Å². The van der Waals surface area contributed by atoms with Crippen molar-refractivity contribution in [3.05, 3.63) is 92.9 Å². The van der Waals surface area contributed by atoms with Crippen LogP contribution < -0.4 is 10.1 Å². The summed E-state index contributed by atoms with van der Waals surface area (Å²) < 4.78 is 11.2. The second kappa shape index (κ2) is 9.26. The Morgan fingerprint density at radius 3 is 2.50 bits per heavy atom. The highest BCUT2D eigenvalue weighted by Crippen LogP contribution is 2.24. The van der Waals surface area contributed by atoms with E-state index in [9.17, 15) is 14.9 Å². The highest BCUT2D eigenvalue weighted by atomic mass is 16.6. The van der Waals surface area contributed by atoms with Crippen LogP contribution in [0, 0.1) is 24.0 Å². The molecule has 7 nitrogen and oxygen atoms in total. The molecule has 3 rings (SSSR count). The summed E-state index contributed by atoms with van der Waals surface area (Å²) in [4.78, 5) is 23.0. The number of hydrogen-bond acceptors (Lipinski definition) is 5. The van der Waals surface area contributed by atoms with Crippen molar-refractivity contribution in [3.63, 3.8) is 0 Å². The minimum absolute atomic E-state index is 0.0401. The fraction of sp³-hybridized carbons (Fsp3) is 0.261. The average Bonchev–Trinajstić information content (AvgIpc) is 3.20. The Labute approximate surface area is 174 Å². The van der Waals surface area contributed by atoms with Gasteiger partial charge in [0.05, 0.1) is 11.0 Å². The molecule has 0 saturated heterocycles. The fourth-order valence-corrected chi connectivity index (χ4v) is 3.10. The maximum Gasteiger partial charge on any atom is 0.287 e. The van der Waals surface area contributed by atoms with E-state index < -0.39 is 4.92 Å². The molecule has 1 unspecified atom stereocenters. The third-order valence-corrected chi connectivity index (χ3v) is 4.82. The van der Waals surface area contributed by atoms with Gasteiger partial charge in [-0.1, -0.05) is 36.8 Å². The molecule has 7 heteroatoms. The molecule has 1 aromatic heterocycles. The topological polar surface area (TPSA) is 94.6 Å². The van der Waals surface area contributed by atoms with Gasteiger partial charge < -0.3 is 14.5 Å². The molecule has 0 saturated carbocycles. The number of nitro benzene ring substituents is 1. The van der Waals surface area contributed by atoms with Gasteiger partial charge >= 0.3 is 0 Å². The highest BCUT2D eigenvalue weighted by Gasteiger charge is 2.17. The summed E-state index contributed by atoms with van der Waals surface area (Å²) in [7, 11) is 0. The summed E-state index contributed by atoms with van der Waals surface area (Å²) in [6.45, 7) is 5.80. The maximum absolute atomic E-state index is 12.6. The normalized spacial score (nSPS) is 11.7. The maximum atomic E-state index is 12.6. The smallest absolute Gasteiger partial charge is 0.287 e. The summed E-state index contributed by atoms with van der Waals surface area (Å²) >= 11 is 0. The number of carbonyl (C=O) groups excluding carboxylic acids is 1. The molecular weight excluding hydrogens is 384 g/mol. The van der Waals surface area contributed by atoms with Crippen LogP contribution in [0.4, 0.5) is 5.69 Å². The number of rotatable bonds is 8. The first kappa shape index (κ1) is 21.1. The van der Waals surface area contributed by atoms with Crippen molar-refractivity contribution in [2.75, 3.05) is 0 Å². The molecule has 1 amide bonds. The van der Waals surface area contributed by atoms with Crippen LogP contribution >= 0.6 is 0 Å². The van der Waals surface area contributed by atoms with Crippen LogP contribution in [0.5, 0.6) is 5.75 Å². The van der Waals surface area contributed by atoms with Gasteiger partial charge in [-0.15, -0.1) is 0 Å². The van der Waals surface area contributed by atoms with Gasteiger partial charge in [-0.2, -0.15) is 0 Å². The Hall–Kier alpha value is -3.61. The molecule has 0 aliphatic heterocycles. The number of benzene rings is 2. The van der Waals surface area contributed by atoms with E-state index >= 15 is 0 Å². The minimum Gasteiger partial charge on any atom is -0.486 e. The van der Waals surface area contributed by atoms with Crippen molar-refractivity contribution in [1.29, 1.82) is 0 Å². The standard InChI is InChI=1S/C23H24N2O5/c1-4-20(17-7-5-15(2)6-8-17)24-23(26)22-12-10-19(30-22)14-29-18-9-11-21(25(27)28)16(3)13-18/h5-13,20H,4,14H2,1-3H3,(H,24,26). The number of amides is 1. The lowest BCUT2D eigenvalue weighted by Crippen LogP contribution is -2.27. The molecule has 0 bridgehead atoms. The minimum atomic E-state index is -0.434. The number of nitrogens with one attached hydrogen (secondary N) is 1. The molecule has 1 N–H and O–H groups in total. The lowest BCUT2D eigenvalue weighted by atomic mass is 10.0. The van der Waals surface area contributed by atoms with E-state index in [1.807, 2.05) is 38.1 Å². The Morgan fingerprint density at radius 2 is 1.87 bits per heavy atom. The zero-order valence-electron chi connectivity index (χ0n) is 17.2. The molecule has 156 valence electrons. The van der Waals surface area contributed by atoms with Crippen LogP contribution in [0.25, 0.3) is 0 Å². The van der Waals surface area contributed by atoms with E-state index in [1.54, 1.807) is 25.1 Å². The lowest BCUT2D eigenvalue weighted by molar-refractivity contribution is -0.385. The van der Waals surface area contributed by atoms with Gasteiger partial charge in [0.1, 0.15) is 18.1 Å². The molecule has 30 heavy (non-hydrogen) atoms. The third-order valence-electron chi connectivity index (χ3n) is 4.82. The number of nitrogens with zero attached hydrogens (tertiary/aromatic N) is 1. The quantitative estimate of drug-likeness (QED) is 0.405. The second-order valence-electron chi connectivity index (χ2n) is 7.11. The van der Waals surface area contributed by atoms with E-state index in [0.717, 1.165) is 12.0 Å². The number of hydrogen-bond donors (Lipinski definition) is 1. The summed E-state index contributed by atoms with van der Waals surface area (Å²) in [6.07, 6.45) is 0.755. The number of aryl methyl sites for hydroxylation is 2. The summed E-state index contributed by atoms with van der Waals surface area (Å²) in [6, 6.07) is 15.8. The van der Waals surface area contributed by atoms with Crippen molar-refractivity contribution in [3.8, 4) is 5.75 Å². The van der Waals surface area contributed by atoms with E-state index in [2.05, 4.69) is 5.32 Å². The highest BCUT2D eigenvalue weighted by molar-refractivity contribution is 5.91. The summed E-state index contributed by atoms with van der Waals surface area (Å²) in [5.41, 5.74) is 2.76. The molecule has 3 aromatic rings. The van der Waals surface area contributed by atoms with E-state index in [-0.39, 0.29) is 30.0 Å². The Balaban J connectivity index is 1.61. The number of nitro groups is 1. The molecule has 0 aliphatic rings. The summed E-state index contributed by atoms with van der Waals surface area (Å²) in [5.74, 6) is 0.893. The predicted octanol–water partition coefficient (Wildman–Crippen LogP) is 5.26. The molecule has 0 aliphatic carbocycles. The molecule has 0 fully saturated rings. The number of furan rings is 1. The Morgan fingerprint density at radius 1 is 1.13 bits per heavy atom. The SMILES string of the molecule is CCC(NC(=O)c1ccc(COc2ccc([N+](=O)[O-])c(C)c2)o1)c1ccc(C)cc1. The van der Waals surface area contributed by atoms with Gasteiger partial charge in [-0.3, -0.25) is 14.9 Å². The first-order chi connectivity index (χ1) is 14.4. The van der Waals surface area contributed by atoms with E-state index in [4.69, 9.17) is 9.15 Å². The molecule has 1 atom stereocenters. The molecular formula is C23H24N2O5. The zero-order chi connectivity index (χ0) is 21.7. The van der Waals surface area contributed by atoms with Crippen LogP contribution in [0.3, 0.4) is 0 Å². The van der Waals surface area contributed by atoms with Crippen LogP contribution in [0.15, 0.2) is 59.0 Å². The van der Waals surface area contributed by atoms with Crippen LogP contribution in [-0.2, 0) is 6.61 Å². The number of carbonyl (C=O) groups is 1. The van der Waals surface area contributed by atoms with Crippen molar-refractivity contribution >= 4 is 11.6 Å².